The molecule has 1 aliphatic carbocycles. The molecule has 1 heteroatoms. The first kappa shape index (κ1) is 9.57. The highest BCUT2D eigenvalue weighted by atomic mass is 16.3. The minimum atomic E-state index is 0.181. The Labute approximate surface area is 74.8 Å². The lowest BCUT2D eigenvalue weighted by Crippen LogP contribution is -2.39. The summed E-state index contributed by atoms with van der Waals surface area (Å²) in [4.78, 5) is 0. The molecule has 1 nitrogen and oxygen atoms in total. The SMILES string of the molecule is CCC=C=C1CC(CO)C1(C)C. The standard InChI is InChI=1S/C11H18O/c1-4-5-6-9-7-10(8-12)11(9,2)3/h5,10,12H,4,7-8H2,1-3H3. The highest BCUT2D eigenvalue weighted by molar-refractivity contribution is 5.23. The minimum Gasteiger partial charge on any atom is -0.396 e. The molecule has 0 spiro atoms. The van der Waals surface area contributed by atoms with Crippen LogP contribution in [-0.2, 0) is 0 Å². The van der Waals surface area contributed by atoms with Crippen molar-refractivity contribution in [3.05, 3.63) is 17.4 Å². The Morgan fingerprint density at radius 2 is 2.33 bits per heavy atom. The smallest absolute Gasteiger partial charge is 0.0470 e. The third-order valence-corrected chi connectivity index (χ3v) is 2.95. The molecule has 0 heterocycles. The lowest BCUT2D eigenvalue weighted by molar-refractivity contribution is 0.0853. The normalized spacial score (nSPS) is 26.0. The predicted molar refractivity (Wildman–Crippen MR) is 50.9 cm³/mol. The maximum atomic E-state index is 9.01. The maximum absolute atomic E-state index is 9.01. The van der Waals surface area contributed by atoms with Crippen molar-refractivity contribution in [3.63, 3.8) is 0 Å². The number of hydrogen-bond acceptors (Lipinski definition) is 1. The summed E-state index contributed by atoms with van der Waals surface area (Å²) in [5.74, 6) is 0.449. The Morgan fingerprint density at radius 1 is 1.67 bits per heavy atom. The molecule has 1 rings (SSSR count). The van der Waals surface area contributed by atoms with E-state index in [1.807, 2.05) is 0 Å². The molecule has 68 valence electrons. The highest BCUT2D eigenvalue weighted by Crippen LogP contribution is 2.49. The van der Waals surface area contributed by atoms with Crippen LogP contribution in [0.4, 0.5) is 0 Å². The van der Waals surface area contributed by atoms with E-state index in [0.29, 0.717) is 12.5 Å². The van der Waals surface area contributed by atoms with Crippen molar-refractivity contribution in [2.45, 2.75) is 33.6 Å². The molecule has 0 aromatic heterocycles. The predicted octanol–water partition coefficient (Wildman–Crippen LogP) is 2.52. The molecule has 0 aliphatic heterocycles. The summed E-state index contributed by atoms with van der Waals surface area (Å²) in [7, 11) is 0. The van der Waals surface area contributed by atoms with Crippen molar-refractivity contribution in [3.8, 4) is 0 Å². The first-order valence-electron chi connectivity index (χ1n) is 4.68. The molecule has 0 aromatic carbocycles. The van der Waals surface area contributed by atoms with Crippen molar-refractivity contribution in [1.29, 1.82) is 0 Å². The number of aliphatic hydroxyl groups excluding tert-OH is 1. The van der Waals surface area contributed by atoms with E-state index in [9.17, 15) is 0 Å². The Hall–Kier alpha value is -0.520. The van der Waals surface area contributed by atoms with Gasteiger partial charge in [-0.05, 0) is 35.8 Å². The lowest BCUT2D eigenvalue weighted by Gasteiger charge is -2.45. The summed E-state index contributed by atoms with van der Waals surface area (Å²) in [5, 5.41) is 9.01. The summed E-state index contributed by atoms with van der Waals surface area (Å²) in [5.41, 5.74) is 4.85. The Morgan fingerprint density at radius 3 is 2.75 bits per heavy atom. The molecular weight excluding hydrogens is 148 g/mol. The van der Waals surface area contributed by atoms with Crippen LogP contribution < -0.4 is 0 Å². The van der Waals surface area contributed by atoms with Crippen LogP contribution in [0.2, 0.25) is 0 Å². The lowest BCUT2D eigenvalue weighted by atomic mass is 9.59. The zero-order chi connectivity index (χ0) is 9.19. The van der Waals surface area contributed by atoms with Crippen LogP contribution in [0.5, 0.6) is 0 Å². The second-order valence-electron chi connectivity index (χ2n) is 4.04. The zero-order valence-corrected chi connectivity index (χ0v) is 8.22. The molecular formula is C11H18O. The molecule has 0 aromatic rings. The molecule has 0 radical (unpaired) electrons. The van der Waals surface area contributed by atoms with Crippen molar-refractivity contribution in [2.75, 3.05) is 6.61 Å². The Kier molecular flexibility index (Phi) is 2.76. The maximum Gasteiger partial charge on any atom is 0.0470 e. The van der Waals surface area contributed by atoms with Gasteiger partial charge in [0.1, 0.15) is 0 Å². The second kappa shape index (κ2) is 3.47. The van der Waals surface area contributed by atoms with Gasteiger partial charge in [-0.25, -0.2) is 0 Å². The van der Waals surface area contributed by atoms with E-state index < -0.39 is 0 Å². The van der Waals surface area contributed by atoms with Crippen LogP contribution in [0, 0.1) is 11.3 Å². The molecule has 1 fully saturated rings. The van der Waals surface area contributed by atoms with Gasteiger partial charge in [-0.2, -0.15) is 0 Å². The van der Waals surface area contributed by atoms with E-state index in [1.54, 1.807) is 0 Å². The summed E-state index contributed by atoms with van der Waals surface area (Å²) >= 11 is 0. The highest BCUT2D eigenvalue weighted by Gasteiger charge is 2.42. The molecule has 1 saturated carbocycles. The van der Waals surface area contributed by atoms with Crippen molar-refractivity contribution < 1.29 is 5.11 Å². The molecule has 1 N–H and O–H groups in total. The van der Waals surface area contributed by atoms with E-state index in [0.717, 1.165) is 12.8 Å². The van der Waals surface area contributed by atoms with Gasteiger partial charge in [0.2, 0.25) is 0 Å². The molecule has 12 heavy (non-hydrogen) atoms. The summed E-state index contributed by atoms with van der Waals surface area (Å²) in [6.45, 7) is 6.79. The molecule has 1 atom stereocenters. The Balaban J connectivity index is 2.71. The average molecular weight is 166 g/mol. The van der Waals surface area contributed by atoms with Gasteiger partial charge in [0.05, 0.1) is 0 Å². The summed E-state index contributed by atoms with van der Waals surface area (Å²) in [6, 6.07) is 0. The molecule has 1 unspecified atom stereocenters. The zero-order valence-electron chi connectivity index (χ0n) is 8.22. The van der Waals surface area contributed by atoms with Gasteiger partial charge in [-0.15, -0.1) is 5.73 Å². The van der Waals surface area contributed by atoms with Gasteiger partial charge in [-0.1, -0.05) is 20.8 Å². The fourth-order valence-corrected chi connectivity index (χ4v) is 1.64. The number of aliphatic hydroxyl groups is 1. The van der Waals surface area contributed by atoms with Crippen LogP contribution in [-0.4, -0.2) is 11.7 Å². The average Bonchev–Trinajstić information content (AvgIpc) is 2.03. The quantitative estimate of drug-likeness (QED) is 0.625. The third kappa shape index (κ3) is 1.48. The van der Waals surface area contributed by atoms with Gasteiger partial charge in [0.25, 0.3) is 0 Å². The van der Waals surface area contributed by atoms with Crippen molar-refractivity contribution >= 4 is 0 Å². The van der Waals surface area contributed by atoms with E-state index in [2.05, 4.69) is 32.6 Å². The van der Waals surface area contributed by atoms with Crippen LogP contribution >= 0.6 is 0 Å². The van der Waals surface area contributed by atoms with Gasteiger partial charge >= 0.3 is 0 Å². The first-order chi connectivity index (χ1) is 5.62. The van der Waals surface area contributed by atoms with Crippen LogP contribution in [0.3, 0.4) is 0 Å². The van der Waals surface area contributed by atoms with E-state index in [4.69, 9.17) is 5.11 Å². The van der Waals surface area contributed by atoms with Gasteiger partial charge in [0.15, 0.2) is 0 Å². The van der Waals surface area contributed by atoms with Crippen LogP contribution in [0.1, 0.15) is 33.6 Å². The monoisotopic (exact) mass is 166 g/mol. The van der Waals surface area contributed by atoms with E-state index >= 15 is 0 Å². The van der Waals surface area contributed by atoms with Gasteiger partial charge < -0.3 is 5.11 Å². The Bertz CT molecular complexity index is 219. The fourth-order valence-electron chi connectivity index (χ4n) is 1.64. The van der Waals surface area contributed by atoms with Gasteiger partial charge in [0, 0.05) is 6.61 Å². The molecule has 0 saturated heterocycles. The number of hydrogen-bond donors (Lipinski definition) is 1. The number of allylic oxidation sites excluding steroid dienone is 1. The largest absolute Gasteiger partial charge is 0.396 e. The summed E-state index contributed by atoms with van der Waals surface area (Å²) < 4.78 is 0. The first-order valence-corrected chi connectivity index (χ1v) is 4.68. The van der Waals surface area contributed by atoms with Crippen LogP contribution in [0.25, 0.3) is 0 Å². The van der Waals surface area contributed by atoms with Crippen molar-refractivity contribution in [1.82, 2.24) is 0 Å². The minimum absolute atomic E-state index is 0.181. The third-order valence-electron chi connectivity index (χ3n) is 2.95. The number of rotatable bonds is 2. The molecule has 0 bridgehead atoms. The van der Waals surface area contributed by atoms with Crippen molar-refractivity contribution in [2.24, 2.45) is 11.3 Å². The van der Waals surface area contributed by atoms with E-state index in [1.165, 1.54) is 5.57 Å². The summed E-state index contributed by atoms with van der Waals surface area (Å²) in [6.07, 6.45) is 4.15. The molecule has 1 aliphatic rings. The topological polar surface area (TPSA) is 20.2 Å². The van der Waals surface area contributed by atoms with E-state index in [-0.39, 0.29) is 5.41 Å². The molecule has 0 amide bonds. The fraction of sp³-hybridized carbons (Fsp3) is 0.727. The van der Waals surface area contributed by atoms with Crippen LogP contribution in [0.15, 0.2) is 17.4 Å². The van der Waals surface area contributed by atoms with Gasteiger partial charge in [-0.3, -0.25) is 0 Å². The second-order valence-corrected chi connectivity index (χ2v) is 4.04.